The molecule has 1 saturated heterocycles. The van der Waals surface area contributed by atoms with Crippen LogP contribution in [0, 0.1) is 5.92 Å². The van der Waals surface area contributed by atoms with Gasteiger partial charge in [0, 0.05) is 25.8 Å². The number of piperazine rings is 1. The number of aromatic nitrogens is 1. The van der Waals surface area contributed by atoms with Crippen molar-refractivity contribution >= 4 is 11.7 Å². The molecule has 1 aliphatic rings. The summed E-state index contributed by atoms with van der Waals surface area (Å²) in [5.74, 6) is 0.780. The Hall–Kier alpha value is -1.79. The van der Waals surface area contributed by atoms with Gasteiger partial charge in [0.25, 0.3) is 0 Å². The SMILES string of the molecule is CC(C)CN1CCN(c2ccc(C(F)(F)F)cn2)CC1=O. The summed E-state index contributed by atoms with van der Waals surface area (Å²) >= 11 is 0. The molecule has 2 rings (SSSR count). The minimum atomic E-state index is -4.39. The summed E-state index contributed by atoms with van der Waals surface area (Å²) in [6.07, 6.45) is -3.59. The van der Waals surface area contributed by atoms with Crippen LogP contribution in [0.25, 0.3) is 0 Å². The fourth-order valence-corrected chi connectivity index (χ4v) is 2.28. The molecule has 0 N–H and O–H groups in total. The lowest BCUT2D eigenvalue weighted by Gasteiger charge is -2.35. The highest BCUT2D eigenvalue weighted by atomic mass is 19.4. The molecule has 0 atom stereocenters. The van der Waals surface area contributed by atoms with Crippen LogP contribution in [0.4, 0.5) is 19.0 Å². The Balaban J connectivity index is 2.03. The van der Waals surface area contributed by atoms with Gasteiger partial charge in [0.2, 0.25) is 5.91 Å². The standard InChI is InChI=1S/C14H18F3N3O/c1-10(2)8-20-6-5-19(9-13(20)21)12-4-3-11(7-18-12)14(15,16)17/h3-4,7,10H,5-6,8-9H2,1-2H3. The van der Waals surface area contributed by atoms with Gasteiger partial charge in [0.05, 0.1) is 12.1 Å². The predicted octanol–water partition coefficient (Wildman–Crippen LogP) is 2.41. The van der Waals surface area contributed by atoms with Gasteiger partial charge < -0.3 is 9.80 Å². The molecule has 0 saturated carbocycles. The number of carbonyl (C=O) groups excluding carboxylic acids is 1. The van der Waals surface area contributed by atoms with Gasteiger partial charge >= 0.3 is 6.18 Å². The van der Waals surface area contributed by atoms with E-state index in [1.807, 2.05) is 13.8 Å². The quantitative estimate of drug-likeness (QED) is 0.860. The van der Waals surface area contributed by atoms with E-state index in [0.717, 1.165) is 12.3 Å². The van der Waals surface area contributed by atoms with Crippen molar-refractivity contribution in [3.8, 4) is 0 Å². The molecule has 0 aliphatic carbocycles. The zero-order chi connectivity index (χ0) is 15.6. The molecule has 21 heavy (non-hydrogen) atoms. The van der Waals surface area contributed by atoms with Crippen molar-refractivity contribution < 1.29 is 18.0 Å². The van der Waals surface area contributed by atoms with Crippen molar-refractivity contribution in [1.82, 2.24) is 9.88 Å². The lowest BCUT2D eigenvalue weighted by molar-refractivity contribution is -0.138. The van der Waals surface area contributed by atoms with Gasteiger partial charge in [-0.25, -0.2) is 4.98 Å². The van der Waals surface area contributed by atoms with E-state index < -0.39 is 11.7 Å². The van der Waals surface area contributed by atoms with E-state index in [4.69, 9.17) is 0 Å². The monoisotopic (exact) mass is 301 g/mol. The zero-order valence-corrected chi connectivity index (χ0v) is 12.0. The fraction of sp³-hybridized carbons (Fsp3) is 0.571. The fourth-order valence-electron chi connectivity index (χ4n) is 2.28. The predicted molar refractivity (Wildman–Crippen MR) is 72.9 cm³/mol. The van der Waals surface area contributed by atoms with Crippen LogP contribution in [-0.2, 0) is 11.0 Å². The number of carbonyl (C=O) groups is 1. The molecule has 0 unspecified atom stereocenters. The maximum Gasteiger partial charge on any atom is 0.417 e. The van der Waals surface area contributed by atoms with Crippen LogP contribution in [0.5, 0.6) is 0 Å². The summed E-state index contributed by atoms with van der Waals surface area (Å²) in [6, 6.07) is 2.31. The smallest absolute Gasteiger partial charge is 0.346 e. The maximum absolute atomic E-state index is 12.5. The maximum atomic E-state index is 12.5. The second-order valence-electron chi connectivity index (χ2n) is 5.56. The number of pyridine rings is 1. The lowest BCUT2D eigenvalue weighted by Crippen LogP contribution is -2.51. The largest absolute Gasteiger partial charge is 0.417 e. The molecule has 4 nitrogen and oxygen atoms in total. The Bertz CT molecular complexity index is 499. The molecular formula is C14H18F3N3O. The Morgan fingerprint density at radius 2 is 2.00 bits per heavy atom. The Morgan fingerprint density at radius 1 is 1.29 bits per heavy atom. The first-order valence-corrected chi connectivity index (χ1v) is 6.83. The van der Waals surface area contributed by atoms with E-state index in [0.29, 0.717) is 31.4 Å². The number of hydrogen-bond acceptors (Lipinski definition) is 3. The molecule has 1 amide bonds. The number of alkyl halides is 3. The van der Waals surface area contributed by atoms with E-state index in [1.54, 1.807) is 9.80 Å². The van der Waals surface area contributed by atoms with Gasteiger partial charge in [0.1, 0.15) is 5.82 Å². The van der Waals surface area contributed by atoms with Crippen LogP contribution in [0.1, 0.15) is 19.4 Å². The van der Waals surface area contributed by atoms with Crippen molar-refractivity contribution in [2.75, 3.05) is 31.1 Å². The Labute approximate surface area is 121 Å². The zero-order valence-electron chi connectivity index (χ0n) is 12.0. The van der Waals surface area contributed by atoms with Gasteiger partial charge in [-0.1, -0.05) is 13.8 Å². The second-order valence-corrected chi connectivity index (χ2v) is 5.56. The van der Waals surface area contributed by atoms with Crippen LogP contribution < -0.4 is 4.90 Å². The molecule has 0 aromatic carbocycles. The molecule has 116 valence electrons. The highest BCUT2D eigenvalue weighted by Gasteiger charge is 2.31. The van der Waals surface area contributed by atoms with E-state index in [2.05, 4.69) is 4.98 Å². The van der Waals surface area contributed by atoms with Gasteiger partial charge in [-0.15, -0.1) is 0 Å². The van der Waals surface area contributed by atoms with E-state index in [1.165, 1.54) is 6.07 Å². The highest BCUT2D eigenvalue weighted by Crippen LogP contribution is 2.29. The molecule has 1 aliphatic heterocycles. The third-order valence-electron chi connectivity index (χ3n) is 3.30. The first-order valence-electron chi connectivity index (χ1n) is 6.83. The van der Waals surface area contributed by atoms with E-state index in [-0.39, 0.29) is 12.5 Å². The van der Waals surface area contributed by atoms with Crippen LogP contribution >= 0.6 is 0 Å². The van der Waals surface area contributed by atoms with E-state index >= 15 is 0 Å². The van der Waals surface area contributed by atoms with Crippen LogP contribution in [0.2, 0.25) is 0 Å². The summed E-state index contributed by atoms with van der Waals surface area (Å²) in [7, 11) is 0. The molecule has 1 fully saturated rings. The van der Waals surface area contributed by atoms with E-state index in [9.17, 15) is 18.0 Å². The molecule has 1 aromatic rings. The summed E-state index contributed by atoms with van der Waals surface area (Å²) in [6.45, 7) is 6.09. The van der Waals surface area contributed by atoms with Gasteiger partial charge in [0.15, 0.2) is 0 Å². The highest BCUT2D eigenvalue weighted by molar-refractivity contribution is 5.82. The second kappa shape index (κ2) is 5.91. The number of nitrogens with zero attached hydrogens (tertiary/aromatic N) is 3. The lowest BCUT2D eigenvalue weighted by atomic mass is 10.2. The normalized spacial score (nSPS) is 16.8. The molecule has 0 bridgehead atoms. The van der Waals surface area contributed by atoms with Crippen molar-refractivity contribution in [2.24, 2.45) is 5.92 Å². The molecule has 2 heterocycles. The van der Waals surface area contributed by atoms with Crippen LogP contribution in [0.15, 0.2) is 18.3 Å². The first kappa shape index (κ1) is 15.6. The van der Waals surface area contributed by atoms with Crippen LogP contribution in [-0.4, -0.2) is 42.0 Å². The molecule has 0 spiro atoms. The molecule has 0 radical (unpaired) electrons. The van der Waals surface area contributed by atoms with Gasteiger partial charge in [-0.05, 0) is 18.1 Å². The van der Waals surface area contributed by atoms with Crippen molar-refractivity contribution in [1.29, 1.82) is 0 Å². The minimum Gasteiger partial charge on any atom is -0.346 e. The topological polar surface area (TPSA) is 36.4 Å². The van der Waals surface area contributed by atoms with Crippen molar-refractivity contribution in [3.63, 3.8) is 0 Å². The third kappa shape index (κ3) is 3.86. The van der Waals surface area contributed by atoms with Gasteiger partial charge in [-0.3, -0.25) is 4.79 Å². The minimum absolute atomic E-state index is 0.0170. The third-order valence-corrected chi connectivity index (χ3v) is 3.30. The summed E-state index contributed by atoms with van der Waals surface area (Å²) in [5.41, 5.74) is -0.781. The Kier molecular flexibility index (Phi) is 4.39. The van der Waals surface area contributed by atoms with Crippen molar-refractivity contribution in [2.45, 2.75) is 20.0 Å². The molecule has 1 aromatic heterocycles. The number of amides is 1. The number of hydrogen-bond donors (Lipinski definition) is 0. The summed E-state index contributed by atoms with van der Waals surface area (Å²) < 4.78 is 37.4. The average molecular weight is 301 g/mol. The molecule has 7 heteroatoms. The number of anilines is 1. The summed E-state index contributed by atoms with van der Waals surface area (Å²) in [5, 5.41) is 0. The Morgan fingerprint density at radius 3 is 2.48 bits per heavy atom. The number of halogens is 3. The first-order chi connectivity index (χ1) is 9.77. The molecular weight excluding hydrogens is 283 g/mol. The van der Waals surface area contributed by atoms with Gasteiger partial charge in [-0.2, -0.15) is 13.2 Å². The summed E-state index contributed by atoms with van der Waals surface area (Å²) in [4.78, 5) is 19.3. The van der Waals surface area contributed by atoms with Crippen LogP contribution in [0.3, 0.4) is 0 Å². The average Bonchev–Trinajstić information content (AvgIpc) is 2.40. The number of rotatable bonds is 3. The van der Waals surface area contributed by atoms with Crippen molar-refractivity contribution in [3.05, 3.63) is 23.9 Å².